The lowest BCUT2D eigenvalue weighted by Crippen LogP contribution is -2.24. The molecule has 0 saturated carbocycles. The van der Waals surface area contributed by atoms with Crippen LogP contribution in [0.3, 0.4) is 0 Å². The monoisotopic (exact) mass is 481 g/mol. The molecule has 0 aliphatic carbocycles. The average molecular weight is 482 g/mol. The second kappa shape index (κ2) is 10.4. The molecule has 1 aliphatic heterocycles. The number of anilines is 1. The van der Waals surface area contributed by atoms with E-state index in [1.165, 1.54) is 44.0 Å². The molecule has 0 spiro atoms. The van der Waals surface area contributed by atoms with Crippen LogP contribution in [0.4, 0.5) is 5.69 Å². The first-order valence-corrected chi connectivity index (χ1v) is 12.5. The first-order valence-electron chi connectivity index (χ1n) is 11.7. The van der Waals surface area contributed by atoms with E-state index in [2.05, 4.69) is 45.6 Å². The van der Waals surface area contributed by atoms with Crippen LogP contribution in [0.15, 0.2) is 53.0 Å². The molecule has 0 bridgehead atoms. The fourth-order valence-electron chi connectivity index (χ4n) is 4.64. The Balaban J connectivity index is 1.49. The highest BCUT2D eigenvalue weighted by molar-refractivity contribution is 9.10. The third-order valence-corrected chi connectivity index (χ3v) is 6.77. The standard InChI is InChI=1S/C26H32BrN3O/c1-2-3-4-5-6-7-10-16-29-24-15-9-8-14-23(24)28-26(29)20-17-25(31)30(19-20)22-13-11-12-21(27)18-22/h8-9,11-15,18,20H,2-7,10,16-17,19H2,1H3. The number of para-hydroxylation sites is 2. The molecule has 2 heterocycles. The summed E-state index contributed by atoms with van der Waals surface area (Å²) in [5.41, 5.74) is 3.18. The SMILES string of the molecule is CCCCCCCCCn1c(C2CC(=O)N(c3cccc(Br)c3)C2)nc2ccccc21. The summed E-state index contributed by atoms with van der Waals surface area (Å²) >= 11 is 3.52. The van der Waals surface area contributed by atoms with Crippen molar-refractivity contribution in [1.29, 1.82) is 0 Å². The largest absolute Gasteiger partial charge is 0.328 e. The molecule has 1 atom stereocenters. The lowest BCUT2D eigenvalue weighted by Gasteiger charge is -2.18. The number of unbranched alkanes of at least 4 members (excludes halogenated alkanes) is 6. The van der Waals surface area contributed by atoms with Crippen molar-refractivity contribution < 1.29 is 4.79 Å². The summed E-state index contributed by atoms with van der Waals surface area (Å²) in [5, 5.41) is 0. The number of aryl methyl sites for hydroxylation is 1. The lowest BCUT2D eigenvalue weighted by atomic mass is 10.1. The van der Waals surface area contributed by atoms with Gasteiger partial charge in [-0.3, -0.25) is 4.79 Å². The van der Waals surface area contributed by atoms with Crippen LogP contribution < -0.4 is 4.90 Å². The van der Waals surface area contributed by atoms with Gasteiger partial charge in [0.05, 0.1) is 11.0 Å². The molecule has 1 amide bonds. The summed E-state index contributed by atoms with van der Waals surface area (Å²) in [7, 11) is 0. The molecule has 0 N–H and O–H groups in total. The van der Waals surface area contributed by atoms with Crippen LogP contribution in [-0.2, 0) is 11.3 Å². The normalized spacial score (nSPS) is 16.5. The van der Waals surface area contributed by atoms with E-state index in [0.29, 0.717) is 13.0 Å². The molecule has 1 unspecified atom stereocenters. The van der Waals surface area contributed by atoms with Crippen molar-refractivity contribution in [3.8, 4) is 0 Å². The second-order valence-electron chi connectivity index (χ2n) is 8.62. The highest BCUT2D eigenvalue weighted by atomic mass is 79.9. The molecule has 1 aliphatic rings. The number of rotatable bonds is 10. The summed E-state index contributed by atoms with van der Waals surface area (Å²) in [6, 6.07) is 16.4. The summed E-state index contributed by atoms with van der Waals surface area (Å²) < 4.78 is 3.37. The molecule has 1 fully saturated rings. The molecule has 0 radical (unpaired) electrons. The maximum Gasteiger partial charge on any atom is 0.227 e. The number of hydrogen-bond donors (Lipinski definition) is 0. The topological polar surface area (TPSA) is 38.1 Å². The third kappa shape index (κ3) is 5.20. The maximum atomic E-state index is 12.9. The zero-order valence-electron chi connectivity index (χ0n) is 18.4. The maximum absolute atomic E-state index is 12.9. The van der Waals surface area contributed by atoms with Crippen molar-refractivity contribution in [3.05, 3.63) is 58.8 Å². The van der Waals surface area contributed by atoms with Gasteiger partial charge in [-0.1, -0.05) is 79.6 Å². The van der Waals surface area contributed by atoms with Crippen molar-refractivity contribution >= 4 is 38.6 Å². The van der Waals surface area contributed by atoms with Gasteiger partial charge in [-0.2, -0.15) is 0 Å². The molecule has 4 rings (SSSR count). The number of fused-ring (bicyclic) bond motifs is 1. The van der Waals surface area contributed by atoms with Gasteiger partial charge in [0.1, 0.15) is 5.82 Å². The van der Waals surface area contributed by atoms with E-state index in [9.17, 15) is 4.79 Å². The Labute approximate surface area is 193 Å². The van der Waals surface area contributed by atoms with Gasteiger partial charge in [0.2, 0.25) is 5.91 Å². The lowest BCUT2D eigenvalue weighted by molar-refractivity contribution is -0.117. The van der Waals surface area contributed by atoms with Crippen molar-refractivity contribution in [2.75, 3.05) is 11.4 Å². The molecule has 3 aromatic rings. The zero-order valence-corrected chi connectivity index (χ0v) is 20.0. The van der Waals surface area contributed by atoms with Crippen LogP contribution in [0.5, 0.6) is 0 Å². The predicted molar refractivity (Wildman–Crippen MR) is 132 cm³/mol. The number of aromatic nitrogens is 2. The van der Waals surface area contributed by atoms with Crippen molar-refractivity contribution in [1.82, 2.24) is 9.55 Å². The van der Waals surface area contributed by atoms with E-state index in [1.807, 2.05) is 35.2 Å². The van der Waals surface area contributed by atoms with E-state index < -0.39 is 0 Å². The van der Waals surface area contributed by atoms with Gasteiger partial charge in [0.15, 0.2) is 0 Å². The van der Waals surface area contributed by atoms with Crippen LogP contribution in [0.1, 0.15) is 70.0 Å². The number of carbonyl (C=O) groups is 1. The molecule has 4 nitrogen and oxygen atoms in total. The molecular weight excluding hydrogens is 450 g/mol. The average Bonchev–Trinajstić information content (AvgIpc) is 3.34. The number of carbonyl (C=O) groups excluding carboxylic acids is 1. The Kier molecular flexibility index (Phi) is 7.44. The first-order chi connectivity index (χ1) is 15.2. The van der Waals surface area contributed by atoms with Crippen molar-refractivity contribution in [2.45, 2.75) is 70.8 Å². The predicted octanol–water partition coefficient (Wildman–Crippen LogP) is 7.07. The van der Waals surface area contributed by atoms with E-state index >= 15 is 0 Å². The Morgan fingerprint density at radius 1 is 1.00 bits per heavy atom. The Morgan fingerprint density at radius 3 is 2.58 bits per heavy atom. The molecule has 5 heteroatoms. The quantitative estimate of drug-likeness (QED) is 0.290. The van der Waals surface area contributed by atoms with Gasteiger partial charge in [0.25, 0.3) is 0 Å². The van der Waals surface area contributed by atoms with Gasteiger partial charge >= 0.3 is 0 Å². The number of nitrogens with zero attached hydrogens (tertiary/aromatic N) is 3. The minimum atomic E-state index is 0.128. The van der Waals surface area contributed by atoms with Gasteiger partial charge in [-0.25, -0.2) is 4.98 Å². The van der Waals surface area contributed by atoms with Crippen LogP contribution in [0.25, 0.3) is 11.0 Å². The molecule has 1 aromatic heterocycles. The van der Waals surface area contributed by atoms with E-state index in [0.717, 1.165) is 34.5 Å². The summed E-state index contributed by atoms with van der Waals surface area (Å²) in [5.74, 6) is 1.37. The molecule has 2 aromatic carbocycles. The Morgan fingerprint density at radius 2 is 1.77 bits per heavy atom. The number of hydrogen-bond acceptors (Lipinski definition) is 2. The smallest absolute Gasteiger partial charge is 0.227 e. The molecule has 1 saturated heterocycles. The van der Waals surface area contributed by atoms with Gasteiger partial charge in [-0.15, -0.1) is 0 Å². The summed E-state index contributed by atoms with van der Waals surface area (Å²) in [4.78, 5) is 19.8. The van der Waals surface area contributed by atoms with E-state index in [4.69, 9.17) is 4.98 Å². The molecule has 31 heavy (non-hydrogen) atoms. The minimum Gasteiger partial charge on any atom is -0.328 e. The van der Waals surface area contributed by atoms with E-state index in [1.54, 1.807) is 0 Å². The van der Waals surface area contributed by atoms with Crippen molar-refractivity contribution in [3.63, 3.8) is 0 Å². The van der Waals surface area contributed by atoms with Gasteiger partial charge in [0, 0.05) is 35.6 Å². The van der Waals surface area contributed by atoms with Gasteiger partial charge in [-0.05, 0) is 36.8 Å². The molecule has 164 valence electrons. The first kappa shape index (κ1) is 22.1. The fraction of sp³-hybridized carbons (Fsp3) is 0.462. The van der Waals surface area contributed by atoms with Crippen LogP contribution in [0, 0.1) is 0 Å². The number of benzene rings is 2. The highest BCUT2D eigenvalue weighted by Crippen LogP contribution is 2.34. The minimum absolute atomic E-state index is 0.128. The van der Waals surface area contributed by atoms with Crippen LogP contribution in [-0.4, -0.2) is 22.0 Å². The third-order valence-electron chi connectivity index (χ3n) is 6.28. The summed E-state index contributed by atoms with van der Waals surface area (Å²) in [6.07, 6.45) is 9.57. The second-order valence-corrected chi connectivity index (χ2v) is 9.53. The van der Waals surface area contributed by atoms with Crippen molar-refractivity contribution in [2.24, 2.45) is 0 Å². The summed E-state index contributed by atoms with van der Waals surface area (Å²) in [6.45, 7) is 3.93. The zero-order chi connectivity index (χ0) is 21.6. The number of imidazole rings is 1. The Hall–Kier alpha value is -2.14. The number of halogens is 1. The number of amides is 1. The van der Waals surface area contributed by atoms with Gasteiger partial charge < -0.3 is 9.47 Å². The van der Waals surface area contributed by atoms with Crippen LogP contribution in [0.2, 0.25) is 0 Å². The Bertz CT molecular complexity index is 1030. The van der Waals surface area contributed by atoms with E-state index in [-0.39, 0.29) is 11.8 Å². The molecular formula is C26H32BrN3O. The highest BCUT2D eigenvalue weighted by Gasteiger charge is 2.34. The van der Waals surface area contributed by atoms with Crippen LogP contribution >= 0.6 is 15.9 Å². The fourth-order valence-corrected chi connectivity index (χ4v) is 5.03.